The van der Waals surface area contributed by atoms with Crippen LogP contribution in [0.5, 0.6) is 0 Å². The summed E-state index contributed by atoms with van der Waals surface area (Å²) in [6.45, 7) is 2.59. The Balaban J connectivity index is 1.21. The first-order valence-electron chi connectivity index (χ1n) is 12.9. The fourth-order valence-electron chi connectivity index (χ4n) is 4.56. The molecule has 40 heavy (non-hydrogen) atoms. The topological polar surface area (TPSA) is 78.6 Å². The van der Waals surface area contributed by atoms with Gasteiger partial charge in [-0.05, 0) is 63.0 Å². The molecule has 1 amide bonds. The highest BCUT2D eigenvalue weighted by Crippen LogP contribution is 2.24. The van der Waals surface area contributed by atoms with Crippen molar-refractivity contribution in [2.45, 2.75) is 19.5 Å². The Morgan fingerprint density at radius 2 is 1.98 bits per heavy atom. The summed E-state index contributed by atoms with van der Waals surface area (Å²) in [6, 6.07) is 9.61. The zero-order valence-electron chi connectivity index (χ0n) is 22.4. The van der Waals surface area contributed by atoms with E-state index in [0.29, 0.717) is 17.7 Å². The predicted octanol–water partition coefficient (Wildman–Crippen LogP) is 3.71. The van der Waals surface area contributed by atoms with Crippen LogP contribution < -0.4 is 5.32 Å². The van der Waals surface area contributed by atoms with Crippen molar-refractivity contribution in [2.24, 2.45) is 4.99 Å². The van der Waals surface area contributed by atoms with Gasteiger partial charge >= 0.3 is 0 Å². The minimum absolute atomic E-state index is 0.159. The standard InChI is InChI=1S/C30H29F2N7O/c1-37(2)11-4-12-39-20-36-28-16-35-27-9-7-21(13-24(27)29(28)39)5-3-10-34-30(40)23-15-33-19-38(18-23)17-22-6-8-25(31)26(32)14-22/h6-9,13-16,19-20H,4,10-12,17-18H2,1-2H3,(H,34,40). The third-order valence-corrected chi connectivity index (χ3v) is 6.51. The first-order valence-corrected chi connectivity index (χ1v) is 12.9. The summed E-state index contributed by atoms with van der Waals surface area (Å²) in [5.41, 5.74) is 4.61. The zero-order valence-corrected chi connectivity index (χ0v) is 22.4. The SMILES string of the molecule is CN(C)CCCn1cnc2cnc3ccc(C#CCNC(=O)C4=CN=CN(Cc5ccc(F)c(F)c5)C4)cc3c21. The van der Waals surface area contributed by atoms with Crippen LogP contribution >= 0.6 is 0 Å². The van der Waals surface area contributed by atoms with Crippen LogP contribution in [0.25, 0.3) is 21.9 Å². The number of nitrogens with zero attached hydrogens (tertiary/aromatic N) is 6. The maximum absolute atomic E-state index is 13.5. The van der Waals surface area contributed by atoms with Crippen molar-refractivity contribution in [3.05, 3.63) is 83.5 Å². The summed E-state index contributed by atoms with van der Waals surface area (Å²) in [4.78, 5) is 29.8. The molecule has 0 saturated carbocycles. The molecule has 3 heterocycles. The molecular weight excluding hydrogens is 512 g/mol. The van der Waals surface area contributed by atoms with Gasteiger partial charge in [-0.25, -0.2) is 18.8 Å². The predicted molar refractivity (Wildman–Crippen MR) is 151 cm³/mol. The van der Waals surface area contributed by atoms with Crippen LogP contribution in [0, 0.1) is 23.5 Å². The Hall–Kier alpha value is -4.62. The zero-order chi connectivity index (χ0) is 28.1. The normalized spacial score (nSPS) is 13.0. The molecule has 0 saturated heterocycles. The molecule has 0 spiro atoms. The smallest absolute Gasteiger partial charge is 0.251 e. The van der Waals surface area contributed by atoms with Crippen molar-refractivity contribution in [3.8, 4) is 11.8 Å². The van der Waals surface area contributed by atoms with Crippen LogP contribution in [-0.4, -0.2) is 70.3 Å². The first-order chi connectivity index (χ1) is 19.4. The lowest BCUT2D eigenvalue weighted by molar-refractivity contribution is -0.117. The molecule has 4 aromatic rings. The van der Waals surface area contributed by atoms with Gasteiger partial charge in [0.15, 0.2) is 11.6 Å². The number of fused-ring (bicyclic) bond motifs is 3. The molecule has 1 aliphatic rings. The number of imidazole rings is 1. The van der Waals surface area contributed by atoms with E-state index in [9.17, 15) is 13.6 Å². The molecule has 204 valence electrons. The number of amides is 1. The molecule has 0 radical (unpaired) electrons. The quantitative estimate of drug-likeness (QED) is 0.344. The molecule has 0 aliphatic carbocycles. The molecule has 0 unspecified atom stereocenters. The number of aryl methyl sites for hydroxylation is 1. The molecule has 0 fully saturated rings. The highest BCUT2D eigenvalue weighted by molar-refractivity contribution is 6.02. The van der Waals surface area contributed by atoms with Gasteiger partial charge in [0.2, 0.25) is 0 Å². The maximum Gasteiger partial charge on any atom is 0.251 e. The van der Waals surface area contributed by atoms with Gasteiger partial charge in [0.1, 0.15) is 5.52 Å². The van der Waals surface area contributed by atoms with Gasteiger partial charge in [-0.1, -0.05) is 17.9 Å². The summed E-state index contributed by atoms with van der Waals surface area (Å²) in [7, 11) is 4.12. The van der Waals surface area contributed by atoms with Gasteiger partial charge < -0.3 is 19.7 Å². The first kappa shape index (κ1) is 27.0. The van der Waals surface area contributed by atoms with Gasteiger partial charge in [0, 0.05) is 30.2 Å². The molecule has 1 N–H and O–H groups in total. The lowest BCUT2D eigenvalue weighted by Gasteiger charge is -2.23. The highest BCUT2D eigenvalue weighted by Gasteiger charge is 2.16. The van der Waals surface area contributed by atoms with E-state index >= 15 is 0 Å². The number of halogens is 2. The van der Waals surface area contributed by atoms with E-state index in [4.69, 9.17) is 0 Å². The third kappa shape index (κ3) is 6.33. The van der Waals surface area contributed by atoms with Gasteiger partial charge in [-0.3, -0.25) is 9.78 Å². The number of carbonyl (C=O) groups excluding carboxylic acids is 1. The second kappa shape index (κ2) is 12.1. The van der Waals surface area contributed by atoms with E-state index < -0.39 is 11.6 Å². The van der Waals surface area contributed by atoms with E-state index in [1.54, 1.807) is 17.4 Å². The Bertz CT molecular complexity index is 1680. The van der Waals surface area contributed by atoms with Crippen molar-refractivity contribution in [1.29, 1.82) is 0 Å². The number of hydrogen-bond donors (Lipinski definition) is 1. The fraction of sp³-hybridized carbons (Fsp3) is 0.267. The Labute approximate surface area is 231 Å². The lowest BCUT2D eigenvalue weighted by atomic mass is 10.1. The molecule has 0 atom stereocenters. The lowest BCUT2D eigenvalue weighted by Crippen LogP contribution is -2.34. The average Bonchev–Trinajstić information content (AvgIpc) is 3.36. The second-order valence-corrected chi connectivity index (χ2v) is 9.88. The molecule has 2 aromatic carbocycles. The third-order valence-electron chi connectivity index (χ3n) is 6.51. The van der Waals surface area contributed by atoms with Gasteiger partial charge in [0.25, 0.3) is 5.91 Å². The molecule has 5 rings (SSSR count). The van der Waals surface area contributed by atoms with Crippen molar-refractivity contribution < 1.29 is 13.6 Å². The van der Waals surface area contributed by atoms with Crippen molar-refractivity contribution in [2.75, 3.05) is 33.7 Å². The van der Waals surface area contributed by atoms with Crippen LogP contribution in [-0.2, 0) is 17.9 Å². The molecule has 1 aliphatic heterocycles. The van der Waals surface area contributed by atoms with Crippen LogP contribution in [0.1, 0.15) is 17.5 Å². The largest absolute Gasteiger partial charge is 0.354 e. The number of rotatable bonds is 8. The van der Waals surface area contributed by atoms with Crippen LogP contribution in [0.2, 0.25) is 0 Å². The number of nitrogens with one attached hydrogen (secondary N) is 1. The van der Waals surface area contributed by atoms with E-state index in [2.05, 4.69) is 55.7 Å². The van der Waals surface area contributed by atoms with Crippen LogP contribution in [0.4, 0.5) is 8.78 Å². The molecule has 2 aromatic heterocycles. The van der Waals surface area contributed by atoms with E-state index in [1.807, 2.05) is 24.5 Å². The van der Waals surface area contributed by atoms with Gasteiger partial charge in [-0.15, -0.1) is 0 Å². The number of aliphatic imine (C=N–C) groups is 1. The summed E-state index contributed by atoms with van der Waals surface area (Å²) in [5.74, 6) is 4.06. The summed E-state index contributed by atoms with van der Waals surface area (Å²) < 4.78 is 28.9. The maximum atomic E-state index is 13.5. The van der Waals surface area contributed by atoms with Gasteiger partial charge in [-0.2, -0.15) is 0 Å². The van der Waals surface area contributed by atoms with E-state index in [0.717, 1.165) is 59.1 Å². The number of hydrogen-bond acceptors (Lipinski definition) is 6. The Morgan fingerprint density at radius 3 is 2.80 bits per heavy atom. The summed E-state index contributed by atoms with van der Waals surface area (Å²) >= 11 is 0. The summed E-state index contributed by atoms with van der Waals surface area (Å²) in [6.07, 6.45) is 7.72. The number of pyridine rings is 1. The Morgan fingerprint density at radius 1 is 1.10 bits per heavy atom. The van der Waals surface area contributed by atoms with Crippen LogP contribution in [0.15, 0.2) is 65.7 Å². The average molecular weight is 542 g/mol. The molecule has 10 heteroatoms. The van der Waals surface area contributed by atoms with Crippen molar-refractivity contribution in [1.82, 2.24) is 29.7 Å². The van der Waals surface area contributed by atoms with Gasteiger partial charge in [0.05, 0.1) is 48.6 Å². The summed E-state index contributed by atoms with van der Waals surface area (Å²) in [5, 5.41) is 3.79. The number of aromatic nitrogens is 3. The minimum atomic E-state index is -0.906. The van der Waals surface area contributed by atoms with Crippen LogP contribution in [0.3, 0.4) is 0 Å². The van der Waals surface area contributed by atoms with Crippen molar-refractivity contribution >= 4 is 34.2 Å². The Kier molecular flexibility index (Phi) is 8.12. The highest BCUT2D eigenvalue weighted by atomic mass is 19.2. The fourth-order valence-corrected chi connectivity index (χ4v) is 4.56. The minimum Gasteiger partial charge on any atom is -0.354 e. The molecule has 8 nitrogen and oxygen atoms in total. The molecule has 0 bridgehead atoms. The number of carbonyl (C=O) groups is 1. The number of benzene rings is 2. The van der Waals surface area contributed by atoms with E-state index in [1.165, 1.54) is 12.3 Å². The molecular formula is C30H29F2N7O. The second-order valence-electron chi connectivity index (χ2n) is 9.88. The van der Waals surface area contributed by atoms with E-state index in [-0.39, 0.29) is 19.0 Å². The monoisotopic (exact) mass is 541 g/mol. The van der Waals surface area contributed by atoms with Crippen molar-refractivity contribution in [3.63, 3.8) is 0 Å².